The Morgan fingerprint density at radius 2 is 2.05 bits per heavy atom. The van der Waals surface area contributed by atoms with Gasteiger partial charge in [-0.25, -0.2) is 0 Å². The number of anilines is 1. The molecular formula is C14H10BrCl2N3. The fourth-order valence-corrected chi connectivity index (χ4v) is 2.92. The second kappa shape index (κ2) is 5.72. The molecule has 1 aliphatic heterocycles. The Balaban J connectivity index is 2.26. The predicted octanol–water partition coefficient (Wildman–Crippen LogP) is 4.41. The van der Waals surface area contributed by atoms with Crippen LogP contribution in [0.25, 0.3) is 0 Å². The number of benzene rings is 1. The van der Waals surface area contributed by atoms with Crippen LogP contribution in [0.4, 0.5) is 5.69 Å². The van der Waals surface area contributed by atoms with Gasteiger partial charge >= 0.3 is 0 Å². The van der Waals surface area contributed by atoms with Crippen molar-refractivity contribution in [3.05, 3.63) is 56.2 Å². The molecule has 0 aliphatic carbocycles. The molecule has 3 rings (SSSR count). The molecule has 0 radical (unpaired) electrons. The minimum Gasteiger partial charge on any atom is -0.383 e. The van der Waals surface area contributed by atoms with Crippen LogP contribution < -0.4 is 5.32 Å². The Morgan fingerprint density at radius 1 is 1.20 bits per heavy atom. The Hall–Kier alpha value is -1.10. The standard InChI is InChI=1S/C14H10BrCl2N3/c15-8-3-4-10-11(12(8)17)14(20-7-6-18-10)13-9(16)2-1-5-19-13/h1-5,18H,6-7H2. The second-order valence-electron chi connectivity index (χ2n) is 4.27. The number of nitrogens with one attached hydrogen (secondary N) is 1. The lowest BCUT2D eigenvalue weighted by Crippen LogP contribution is -2.09. The highest BCUT2D eigenvalue weighted by Crippen LogP contribution is 2.35. The summed E-state index contributed by atoms with van der Waals surface area (Å²) < 4.78 is 0.821. The summed E-state index contributed by atoms with van der Waals surface area (Å²) in [6, 6.07) is 7.49. The van der Waals surface area contributed by atoms with Crippen molar-refractivity contribution in [1.82, 2.24) is 4.98 Å². The van der Waals surface area contributed by atoms with Gasteiger partial charge in [-0.05, 0) is 40.2 Å². The molecule has 0 saturated carbocycles. The van der Waals surface area contributed by atoms with Crippen molar-refractivity contribution >= 4 is 50.5 Å². The lowest BCUT2D eigenvalue weighted by molar-refractivity contribution is 1.03. The van der Waals surface area contributed by atoms with Gasteiger partial charge in [0.25, 0.3) is 0 Å². The minimum absolute atomic E-state index is 0.565. The summed E-state index contributed by atoms with van der Waals surface area (Å²) in [5, 5.41) is 4.50. The Morgan fingerprint density at radius 3 is 2.85 bits per heavy atom. The van der Waals surface area contributed by atoms with E-state index in [0.29, 0.717) is 22.3 Å². The van der Waals surface area contributed by atoms with E-state index in [4.69, 9.17) is 23.2 Å². The van der Waals surface area contributed by atoms with E-state index in [2.05, 4.69) is 31.2 Å². The van der Waals surface area contributed by atoms with Gasteiger partial charge in [-0.15, -0.1) is 0 Å². The smallest absolute Gasteiger partial charge is 0.107 e. The van der Waals surface area contributed by atoms with E-state index in [1.165, 1.54) is 0 Å². The highest BCUT2D eigenvalue weighted by atomic mass is 79.9. The highest BCUT2D eigenvalue weighted by Gasteiger charge is 2.22. The van der Waals surface area contributed by atoms with E-state index < -0.39 is 0 Å². The lowest BCUT2D eigenvalue weighted by atomic mass is 10.0. The normalized spacial score (nSPS) is 14.1. The first-order chi connectivity index (χ1) is 9.68. The number of nitrogens with zero attached hydrogens (tertiary/aromatic N) is 2. The number of hydrogen-bond donors (Lipinski definition) is 1. The van der Waals surface area contributed by atoms with Crippen molar-refractivity contribution in [2.75, 3.05) is 18.4 Å². The van der Waals surface area contributed by atoms with Crippen molar-refractivity contribution in [3.8, 4) is 0 Å². The van der Waals surface area contributed by atoms with Crippen molar-refractivity contribution in [1.29, 1.82) is 0 Å². The molecule has 0 spiro atoms. The summed E-state index contributed by atoms with van der Waals surface area (Å²) in [4.78, 5) is 8.95. The van der Waals surface area contributed by atoms with E-state index in [9.17, 15) is 0 Å². The molecule has 0 saturated heterocycles. The topological polar surface area (TPSA) is 37.3 Å². The molecule has 6 heteroatoms. The Kier molecular flexibility index (Phi) is 3.96. The van der Waals surface area contributed by atoms with Crippen molar-refractivity contribution in [2.45, 2.75) is 0 Å². The highest BCUT2D eigenvalue weighted by molar-refractivity contribution is 9.10. The largest absolute Gasteiger partial charge is 0.383 e. The van der Waals surface area contributed by atoms with Crippen LogP contribution in [0.2, 0.25) is 10.0 Å². The average molecular weight is 371 g/mol. The Bertz CT molecular complexity index is 701. The molecule has 1 aromatic heterocycles. The molecule has 0 bridgehead atoms. The summed E-state index contributed by atoms with van der Waals surface area (Å²) in [7, 11) is 0. The third-order valence-electron chi connectivity index (χ3n) is 3.01. The summed E-state index contributed by atoms with van der Waals surface area (Å²) in [6.45, 7) is 1.39. The van der Waals surface area contributed by atoms with Gasteiger partial charge in [0, 0.05) is 28.5 Å². The van der Waals surface area contributed by atoms with Gasteiger partial charge in [-0.3, -0.25) is 9.98 Å². The van der Waals surface area contributed by atoms with Crippen LogP contribution in [0.5, 0.6) is 0 Å². The van der Waals surface area contributed by atoms with Gasteiger partial charge in [0.05, 0.1) is 22.3 Å². The summed E-state index contributed by atoms with van der Waals surface area (Å²) >= 11 is 16.1. The van der Waals surface area contributed by atoms with Crippen molar-refractivity contribution in [2.24, 2.45) is 4.99 Å². The lowest BCUT2D eigenvalue weighted by Gasteiger charge is -2.13. The molecule has 3 nitrogen and oxygen atoms in total. The molecule has 1 aliphatic rings. The maximum Gasteiger partial charge on any atom is 0.107 e. The SMILES string of the molecule is Clc1cccnc1C1=NCCNc2ccc(Br)c(Cl)c21. The zero-order valence-electron chi connectivity index (χ0n) is 10.3. The molecule has 0 amide bonds. The molecule has 0 unspecified atom stereocenters. The number of aliphatic imine (C=N–C) groups is 1. The van der Waals surface area contributed by atoms with Gasteiger partial charge in [0.1, 0.15) is 5.69 Å². The molecule has 2 aromatic rings. The van der Waals surface area contributed by atoms with E-state index >= 15 is 0 Å². The van der Waals surface area contributed by atoms with Gasteiger partial charge in [0.2, 0.25) is 0 Å². The second-order valence-corrected chi connectivity index (χ2v) is 5.91. The number of benzodiazepines with no additional fused rings is 1. The van der Waals surface area contributed by atoms with Crippen LogP contribution in [0.1, 0.15) is 11.3 Å². The summed E-state index contributed by atoms with van der Waals surface area (Å²) in [6.07, 6.45) is 1.70. The van der Waals surface area contributed by atoms with Gasteiger partial charge in [-0.1, -0.05) is 23.2 Å². The number of aromatic nitrogens is 1. The van der Waals surface area contributed by atoms with E-state index in [-0.39, 0.29) is 0 Å². The summed E-state index contributed by atoms with van der Waals surface area (Å²) in [5.74, 6) is 0. The number of hydrogen-bond acceptors (Lipinski definition) is 3. The maximum absolute atomic E-state index is 6.44. The number of fused-ring (bicyclic) bond motifs is 1. The molecular weight excluding hydrogens is 361 g/mol. The molecule has 1 aromatic carbocycles. The third kappa shape index (κ3) is 2.43. The predicted molar refractivity (Wildman–Crippen MR) is 87.4 cm³/mol. The monoisotopic (exact) mass is 369 g/mol. The van der Waals surface area contributed by atoms with Crippen LogP contribution in [-0.4, -0.2) is 23.8 Å². The molecule has 20 heavy (non-hydrogen) atoms. The molecule has 0 fully saturated rings. The van der Waals surface area contributed by atoms with Crippen LogP contribution in [0.15, 0.2) is 39.9 Å². The van der Waals surface area contributed by atoms with E-state index in [1.54, 1.807) is 18.3 Å². The van der Waals surface area contributed by atoms with Gasteiger partial charge in [0.15, 0.2) is 0 Å². The number of rotatable bonds is 1. The zero-order chi connectivity index (χ0) is 14.1. The Labute approximate surface area is 135 Å². The first-order valence-electron chi connectivity index (χ1n) is 6.06. The fraction of sp³-hybridized carbons (Fsp3) is 0.143. The van der Waals surface area contributed by atoms with Crippen molar-refractivity contribution in [3.63, 3.8) is 0 Å². The first kappa shape index (κ1) is 13.9. The number of halogens is 3. The number of pyridine rings is 1. The van der Waals surface area contributed by atoms with Crippen molar-refractivity contribution < 1.29 is 0 Å². The molecule has 102 valence electrons. The average Bonchev–Trinajstić information content (AvgIpc) is 2.66. The van der Waals surface area contributed by atoms with E-state index in [0.717, 1.165) is 28.0 Å². The molecule has 1 N–H and O–H groups in total. The van der Waals surface area contributed by atoms with Crippen LogP contribution in [0, 0.1) is 0 Å². The first-order valence-corrected chi connectivity index (χ1v) is 7.61. The van der Waals surface area contributed by atoms with Crippen LogP contribution in [0.3, 0.4) is 0 Å². The maximum atomic E-state index is 6.44. The van der Waals surface area contributed by atoms with Crippen LogP contribution in [-0.2, 0) is 0 Å². The fourth-order valence-electron chi connectivity index (χ4n) is 2.12. The quantitative estimate of drug-likeness (QED) is 0.806. The molecule has 2 heterocycles. The van der Waals surface area contributed by atoms with Crippen LogP contribution >= 0.6 is 39.1 Å². The minimum atomic E-state index is 0.565. The third-order valence-corrected chi connectivity index (χ3v) is 4.60. The summed E-state index contributed by atoms with van der Waals surface area (Å²) in [5.41, 5.74) is 3.15. The van der Waals surface area contributed by atoms with E-state index in [1.807, 2.05) is 12.1 Å². The van der Waals surface area contributed by atoms with Gasteiger partial charge in [-0.2, -0.15) is 0 Å². The van der Waals surface area contributed by atoms with Gasteiger partial charge < -0.3 is 5.32 Å². The molecule has 0 atom stereocenters. The zero-order valence-corrected chi connectivity index (χ0v) is 13.4.